The number of benzene rings is 1. The van der Waals surface area contributed by atoms with E-state index in [0.29, 0.717) is 4.68 Å². The highest BCUT2D eigenvalue weighted by Crippen LogP contribution is 2.42. The summed E-state index contributed by atoms with van der Waals surface area (Å²) < 4.78 is 68.1. The molecule has 1 N–H and O–H groups in total. The van der Waals surface area contributed by atoms with Gasteiger partial charge in [0.05, 0.1) is 30.3 Å². The minimum absolute atomic E-state index is 0.0302. The first-order valence-corrected chi connectivity index (χ1v) is 10.4. The van der Waals surface area contributed by atoms with Crippen molar-refractivity contribution in [3.8, 4) is 28.3 Å². The van der Waals surface area contributed by atoms with E-state index < -0.39 is 46.5 Å². The molecule has 0 bridgehead atoms. The van der Waals surface area contributed by atoms with Crippen molar-refractivity contribution in [2.45, 2.75) is 20.0 Å². The van der Waals surface area contributed by atoms with Crippen molar-refractivity contribution in [2.24, 2.45) is 0 Å². The molecule has 0 saturated heterocycles. The highest BCUT2D eigenvalue weighted by Gasteiger charge is 2.42. The fraction of sp³-hybridized carbons (Fsp3) is 0.174. The molecular weight excluding hydrogens is 486 g/mol. The third kappa shape index (κ3) is 4.67. The van der Waals surface area contributed by atoms with Gasteiger partial charge in [-0.25, -0.2) is 13.9 Å². The third-order valence-corrected chi connectivity index (χ3v) is 4.89. The van der Waals surface area contributed by atoms with Gasteiger partial charge in [-0.3, -0.25) is 9.78 Å². The van der Waals surface area contributed by atoms with E-state index in [1.807, 2.05) is 0 Å². The van der Waals surface area contributed by atoms with Gasteiger partial charge >= 0.3 is 12.1 Å². The smallest absolute Gasteiger partial charge is 0.434 e. The number of aromatic nitrogens is 4. The highest BCUT2D eigenvalue weighted by atomic mass is 19.4. The molecule has 3 aromatic heterocycles. The largest absolute Gasteiger partial charge is 0.462 e. The number of pyridine rings is 1. The summed E-state index contributed by atoms with van der Waals surface area (Å²) >= 11 is 0. The molecule has 13 heteroatoms. The summed E-state index contributed by atoms with van der Waals surface area (Å²) in [7, 11) is 0. The number of anilines is 1. The predicted octanol–water partition coefficient (Wildman–Crippen LogP) is 4.88. The van der Waals surface area contributed by atoms with Crippen LogP contribution in [0.25, 0.3) is 28.3 Å². The number of amides is 1. The number of nitrogens with one attached hydrogen (secondary N) is 1. The summed E-state index contributed by atoms with van der Waals surface area (Å²) in [4.78, 5) is 27.8. The summed E-state index contributed by atoms with van der Waals surface area (Å²) in [5.41, 5.74) is -2.76. The molecule has 0 atom stereocenters. The summed E-state index contributed by atoms with van der Waals surface area (Å²) in [6.07, 6.45) is -2.04. The van der Waals surface area contributed by atoms with Gasteiger partial charge in [-0.15, -0.1) is 0 Å². The Kier molecular flexibility index (Phi) is 6.55. The lowest BCUT2D eigenvalue weighted by atomic mass is 10.0. The average Bonchev–Trinajstić information content (AvgIpc) is 3.44. The van der Waals surface area contributed by atoms with E-state index in [4.69, 9.17) is 9.26 Å². The van der Waals surface area contributed by atoms with Crippen molar-refractivity contribution >= 4 is 17.6 Å². The summed E-state index contributed by atoms with van der Waals surface area (Å²) in [5, 5.41) is 10.0. The lowest BCUT2D eigenvalue weighted by Gasteiger charge is -2.13. The molecule has 0 aliphatic carbocycles. The third-order valence-electron chi connectivity index (χ3n) is 4.89. The van der Waals surface area contributed by atoms with Gasteiger partial charge in [0.2, 0.25) is 5.91 Å². The van der Waals surface area contributed by atoms with Gasteiger partial charge in [-0.1, -0.05) is 11.2 Å². The average molecular weight is 503 g/mol. The number of carbonyl (C=O) groups is 2. The maximum Gasteiger partial charge on any atom is 0.434 e. The molecule has 0 unspecified atom stereocenters. The van der Waals surface area contributed by atoms with Crippen molar-refractivity contribution in [3.05, 3.63) is 66.0 Å². The molecule has 0 spiro atoms. The monoisotopic (exact) mass is 503 g/mol. The predicted molar refractivity (Wildman–Crippen MR) is 118 cm³/mol. The van der Waals surface area contributed by atoms with Crippen LogP contribution in [0.3, 0.4) is 0 Å². The van der Waals surface area contributed by atoms with Crippen molar-refractivity contribution < 1.29 is 36.4 Å². The second-order valence-electron chi connectivity index (χ2n) is 7.36. The number of halogens is 4. The first-order valence-electron chi connectivity index (χ1n) is 10.4. The second kappa shape index (κ2) is 9.60. The van der Waals surface area contributed by atoms with E-state index in [2.05, 4.69) is 20.6 Å². The summed E-state index contributed by atoms with van der Waals surface area (Å²) in [6, 6.07) is 6.76. The number of hydrogen-bond acceptors (Lipinski definition) is 7. The first kappa shape index (κ1) is 24.6. The molecule has 3 heterocycles. The maximum absolute atomic E-state index is 14.4. The minimum Gasteiger partial charge on any atom is -0.462 e. The number of ether oxygens (including phenoxy) is 1. The van der Waals surface area contributed by atoms with Crippen LogP contribution in [0.4, 0.5) is 23.2 Å². The zero-order valence-electron chi connectivity index (χ0n) is 18.8. The Labute approximate surface area is 200 Å². The normalized spacial score (nSPS) is 11.4. The SMILES string of the molecule is CCOC(=O)c1c(-c2ccncc2F)noc1-c1cnn(-c2cccc(NC(C)=O)c2)c1C(F)(F)F. The van der Waals surface area contributed by atoms with Crippen molar-refractivity contribution in [3.63, 3.8) is 0 Å². The van der Waals surface area contributed by atoms with Gasteiger partial charge in [-0.05, 0) is 31.2 Å². The second-order valence-corrected chi connectivity index (χ2v) is 7.36. The molecule has 9 nitrogen and oxygen atoms in total. The topological polar surface area (TPSA) is 112 Å². The zero-order chi connectivity index (χ0) is 26.0. The molecule has 0 radical (unpaired) electrons. The minimum atomic E-state index is -4.98. The molecule has 0 fully saturated rings. The number of esters is 1. The van der Waals surface area contributed by atoms with E-state index in [9.17, 15) is 27.2 Å². The Balaban J connectivity index is 1.94. The molecule has 0 aliphatic heterocycles. The molecule has 4 aromatic rings. The molecule has 36 heavy (non-hydrogen) atoms. The van der Waals surface area contributed by atoms with Gasteiger partial charge in [0.15, 0.2) is 17.3 Å². The van der Waals surface area contributed by atoms with Crippen LogP contribution < -0.4 is 5.32 Å². The Morgan fingerprint density at radius 3 is 2.61 bits per heavy atom. The quantitative estimate of drug-likeness (QED) is 0.295. The number of alkyl halides is 3. The van der Waals surface area contributed by atoms with Crippen LogP contribution in [0.5, 0.6) is 0 Å². The first-order chi connectivity index (χ1) is 17.1. The Hall–Kier alpha value is -4.55. The Morgan fingerprint density at radius 1 is 1.17 bits per heavy atom. The Morgan fingerprint density at radius 2 is 1.94 bits per heavy atom. The maximum atomic E-state index is 14.4. The van der Waals surface area contributed by atoms with Crippen LogP contribution in [-0.4, -0.2) is 38.4 Å². The van der Waals surface area contributed by atoms with Crippen LogP contribution in [0.15, 0.2) is 53.4 Å². The fourth-order valence-electron chi connectivity index (χ4n) is 3.52. The van der Waals surface area contributed by atoms with Crippen LogP contribution in [0.2, 0.25) is 0 Å². The van der Waals surface area contributed by atoms with Crippen LogP contribution >= 0.6 is 0 Å². The molecule has 0 aliphatic rings. The van der Waals surface area contributed by atoms with E-state index in [-0.39, 0.29) is 29.2 Å². The standard InChI is InChI=1S/C23H17F4N5O4/c1-3-35-22(34)18-19(15-7-8-28-11-17(15)24)31-36-20(18)16-10-29-32(21(16)23(25,26)27)14-6-4-5-13(9-14)30-12(2)33/h4-11H,3H2,1-2H3,(H,30,33). The van der Waals surface area contributed by atoms with E-state index >= 15 is 0 Å². The highest BCUT2D eigenvalue weighted by molar-refractivity contribution is 6.02. The van der Waals surface area contributed by atoms with E-state index in [1.165, 1.54) is 50.4 Å². The molecule has 0 saturated carbocycles. The lowest BCUT2D eigenvalue weighted by molar-refractivity contribution is -0.142. The molecule has 4 rings (SSSR count). The summed E-state index contributed by atoms with van der Waals surface area (Å²) in [6.45, 7) is 2.64. The molecule has 186 valence electrons. The number of rotatable bonds is 6. The Bertz CT molecular complexity index is 1440. The van der Waals surface area contributed by atoms with Gasteiger partial charge < -0.3 is 14.6 Å². The van der Waals surface area contributed by atoms with Crippen LogP contribution in [0.1, 0.15) is 29.9 Å². The lowest BCUT2D eigenvalue weighted by Crippen LogP contribution is -2.15. The van der Waals surface area contributed by atoms with Crippen LogP contribution in [-0.2, 0) is 15.7 Å². The van der Waals surface area contributed by atoms with Gasteiger partial charge in [0.1, 0.15) is 11.3 Å². The summed E-state index contributed by atoms with van der Waals surface area (Å²) in [5.74, 6) is -2.95. The van der Waals surface area contributed by atoms with Gasteiger partial charge in [0.25, 0.3) is 0 Å². The molecule has 1 amide bonds. The molecule has 1 aromatic carbocycles. The number of hydrogen-bond donors (Lipinski definition) is 1. The van der Waals surface area contributed by atoms with Crippen LogP contribution in [0, 0.1) is 5.82 Å². The zero-order valence-corrected chi connectivity index (χ0v) is 18.8. The molecular formula is C23H17F4N5O4. The fourth-order valence-corrected chi connectivity index (χ4v) is 3.52. The van der Waals surface area contributed by atoms with Gasteiger partial charge in [0, 0.05) is 24.4 Å². The number of carbonyl (C=O) groups excluding carboxylic acids is 2. The van der Waals surface area contributed by atoms with E-state index in [0.717, 1.165) is 12.4 Å². The van der Waals surface area contributed by atoms with E-state index in [1.54, 1.807) is 0 Å². The van der Waals surface area contributed by atoms with Crippen molar-refractivity contribution in [2.75, 3.05) is 11.9 Å². The van der Waals surface area contributed by atoms with Crippen molar-refractivity contribution in [1.82, 2.24) is 19.9 Å². The van der Waals surface area contributed by atoms with Crippen molar-refractivity contribution in [1.29, 1.82) is 0 Å². The van der Waals surface area contributed by atoms with Gasteiger partial charge in [-0.2, -0.15) is 18.3 Å². The number of nitrogens with zero attached hydrogens (tertiary/aromatic N) is 4.